The van der Waals surface area contributed by atoms with E-state index in [1.54, 1.807) is 12.1 Å². The average Bonchev–Trinajstić information content (AvgIpc) is 3.04. The predicted molar refractivity (Wildman–Crippen MR) is 144 cm³/mol. The molecule has 3 aromatic rings. The lowest BCUT2D eigenvalue weighted by molar-refractivity contribution is -0.137. The van der Waals surface area contributed by atoms with E-state index in [4.69, 9.17) is 9.31 Å². The van der Waals surface area contributed by atoms with E-state index in [2.05, 4.69) is 37.4 Å². The second-order valence-electron chi connectivity index (χ2n) is 10.8. The Hall–Kier alpha value is -2.61. The Morgan fingerprint density at radius 2 is 1.17 bits per heavy atom. The van der Waals surface area contributed by atoms with E-state index in [9.17, 15) is 13.2 Å². The van der Waals surface area contributed by atoms with Crippen LogP contribution < -0.4 is 5.19 Å². The molecule has 4 rings (SSSR count). The van der Waals surface area contributed by atoms with Gasteiger partial charge < -0.3 is 9.31 Å². The summed E-state index contributed by atoms with van der Waals surface area (Å²) in [6.07, 6.45) is -4.41. The maximum Gasteiger partial charge on any atom is 0.495 e. The molecule has 0 radical (unpaired) electrons. The van der Waals surface area contributed by atoms with Crippen molar-refractivity contribution in [3.63, 3.8) is 0 Å². The summed E-state index contributed by atoms with van der Waals surface area (Å²) in [7, 11) is -3.15. The van der Waals surface area contributed by atoms with Crippen LogP contribution in [0.5, 0.6) is 0 Å². The lowest BCUT2D eigenvalue weighted by atomic mass is 9.72. The van der Waals surface area contributed by atoms with Gasteiger partial charge in [-0.3, -0.25) is 0 Å². The van der Waals surface area contributed by atoms with Crippen LogP contribution in [0.25, 0.3) is 10.7 Å². The summed E-state index contributed by atoms with van der Waals surface area (Å²) in [6.45, 7) is 12.5. The summed E-state index contributed by atoms with van der Waals surface area (Å²) in [5.41, 5.74) is 0.582. The zero-order valence-electron chi connectivity index (χ0n) is 21.6. The number of halogens is 3. The van der Waals surface area contributed by atoms with Gasteiger partial charge in [-0.15, -0.1) is 0 Å². The molecule has 3 aromatic carbocycles. The molecule has 2 nitrogen and oxygen atoms in total. The quantitative estimate of drug-likeness (QED) is 0.264. The van der Waals surface area contributed by atoms with Crippen molar-refractivity contribution >= 4 is 31.0 Å². The highest BCUT2D eigenvalue weighted by molar-refractivity contribution is 7.07. The summed E-state index contributed by atoms with van der Waals surface area (Å²) in [4.78, 5) is 0. The van der Waals surface area contributed by atoms with Crippen molar-refractivity contribution < 1.29 is 22.5 Å². The van der Waals surface area contributed by atoms with E-state index in [1.807, 2.05) is 64.1 Å². The minimum atomic E-state index is -4.41. The topological polar surface area (TPSA) is 18.5 Å². The zero-order valence-corrected chi connectivity index (χ0v) is 22.6. The molecule has 0 atom stereocenters. The molecule has 0 amide bonds. The number of hydrogen-bond acceptors (Lipinski definition) is 2. The minimum Gasteiger partial charge on any atom is -0.399 e. The first kappa shape index (κ1) is 26.5. The maximum atomic E-state index is 13.4. The van der Waals surface area contributed by atoms with E-state index < -0.39 is 38.1 Å². The summed E-state index contributed by atoms with van der Waals surface area (Å²) in [6, 6.07) is 25.7. The molecule has 0 saturated carbocycles. The summed E-state index contributed by atoms with van der Waals surface area (Å²) < 4.78 is 53.3. The summed E-state index contributed by atoms with van der Waals surface area (Å²) >= 11 is 0. The van der Waals surface area contributed by atoms with Gasteiger partial charge in [0.15, 0.2) is 0 Å². The van der Waals surface area contributed by atoms with Gasteiger partial charge in [-0.1, -0.05) is 91.1 Å². The molecule has 1 fully saturated rings. The van der Waals surface area contributed by atoms with Crippen LogP contribution in [0.4, 0.5) is 13.2 Å². The largest absolute Gasteiger partial charge is 0.495 e. The molecule has 0 N–H and O–H groups in total. The molecule has 0 bridgehead atoms. The van der Waals surface area contributed by atoms with Gasteiger partial charge >= 0.3 is 13.3 Å². The smallest absolute Gasteiger partial charge is 0.399 e. The standard InChI is InChI=1S/C29H32BF3O2Si/c1-27(2)28(3,4)35-30(34-27)25(21-17-19-23(20-18-21)29(31,32)33)26(22-13-9-7-10-14-22)36(5,6)24-15-11-8-12-16-24/h7-20H,1-6H3/b26-25+. The maximum absolute atomic E-state index is 13.4. The Morgan fingerprint density at radius 1 is 0.694 bits per heavy atom. The van der Waals surface area contributed by atoms with Crippen molar-refractivity contribution in [1.82, 2.24) is 0 Å². The Morgan fingerprint density at radius 3 is 1.64 bits per heavy atom. The van der Waals surface area contributed by atoms with E-state index >= 15 is 0 Å². The lowest BCUT2D eigenvalue weighted by Gasteiger charge is -2.32. The number of benzene rings is 3. The molecule has 1 saturated heterocycles. The Bertz CT molecular complexity index is 1220. The molecule has 0 aromatic heterocycles. The van der Waals surface area contributed by atoms with Crippen LogP contribution >= 0.6 is 0 Å². The monoisotopic (exact) mass is 508 g/mol. The molecular weight excluding hydrogens is 476 g/mol. The number of alkyl halides is 3. The SMILES string of the molecule is CC1(C)OB(/C(=C(\c2ccccc2)[Si](C)(C)c2ccccc2)c2ccc(C(F)(F)F)cc2)OC1(C)C. The van der Waals surface area contributed by atoms with Gasteiger partial charge in [0.25, 0.3) is 0 Å². The fourth-order valence-electron chi connectivity index (χ4n) is 4.65. The van der Waals surface area contributed by atoms with Crippen molar-refractivity contribution in [1.29, 1.82) is 0 Å². The predicted octanol–water partition coefficient (Wildman–Crippen LogP) is 7.40. The molecule has 0 spiro atoms. The fourth-order valence-corrected chi connectivity index (χ4v) is 7.79. The molecule has 36 heavy (non-hydrogen) atoms. The number of rotatable bonds is 5. The van der Waals surface area contributed by atoms with Crippen LogP contribution in [0.1, 0.15) is 44.4 Å². The van der Waals surface area contributed by atoms with Crippen LogP contribution in [0, 0.1) is 0 Å². The van der Waals surface area contributed by atoms with Crippen molar-refractivity contribution in [2.24, 2.45) is 0 Å². The van der Waals surface area contributed by atoms with Crippen LogP contribution in [-0.2, 0) is 15.5 Å². The van der Waals surface area contributed by atoms with Crippen molar-refractivity contribution in [2.45, 2.75) is 58.2 Å². The zero-order chi connectivity index (χ0) is 26.4. The van der Waals surface area contributed by atoms with Crippen LogP contribution in [0.2, 0.25) is 13.1 Å². The fraction of sp³-hybridized carbons (Fsp3) is 0.310. The second-order valence-corrected chi connectivity index (χ2v) is 15.1. The second kappa shape index (κ2) is 9.36. The third-order valence-corrected chi connectivity index (χ3v) is 11.0. The van der Waals surface area contributed by atoms with Gasteiger partial charge in [-0.25, -0.2) is 0 Å². The molecular formula is C29H32BF3O2Si. The van der Waals surface area contributed by atoms with Crippen molar-refractivity contribution in [3.8, 4) is 0 Å². The van der Waals surface area contributed by atoms with Gasteiger partial charge in [0, 0.05) is 0 Å². The molecule has 0 aliphatic carbocycles. The first-order chi connectivity index (χ1) is 16.7. The molecule has 1 aliphatic heterocycles. The first-order valence-corrected chi connectivity index (χ1v) is 15.1. The summed E-state index contributed by atoms with van der Waals surface area (Å²) in [5.74, 6) is 0. The molecule has 7 heteroatoms. The first-order valence-electron chi connectivity index (χ1n) is 12.1. The van der Waals surface area contributed by atoms with Gasteiger partial charge in [-0.05, 0) is 61.6 Å². The third-order valence-electron chi connectivity index (χ3n) is 7.46. The highest BCUT2D eigenvalue weighted by atomic mass is 28.3. The summed E-state index contributed by atoms with van der Waals surface area (Å²) in [5, 5.41) is 2.29. The van der Waals surface area contributed by atoms with Crippen molar-refractivity contribution in [3.05, 3.63) is 102 Å². The highest BCUT2D eigenvalue weighted by Crippen LogP contribution is 2.45. The molecule has 0 unspecified atom stereocenters. The Labute approximate surface area is 213 Å². The van der Waals surface area contributed by atoms with E-state index in [1.165, 1.54) is 5.19 Å². The normalized spacial score (nSPS) is 18.2. The van der Waals surface area contributed by atoms with Gasteiger partial charge in [0.2, 0.25) is 0 Å². The lowest BCUT2D eigenvalue weighted by Crippen LogP contribution is -2.44. The van der Waals surface area contributed by atoms with Gasteiger partial charge in [0.05, 0.1) is 16.8 Å². The van der Waals surface area contributed by atoms with Gasteiger partial charge in [-0.2, -0.15) is 13.2 Å². The van der Waals surface area contributed by atoms with Crippen LogP contribution in [0.3, 0.4) is 0 Å². The third kappa shape index (κ3) is 4.97. The molecule has 1 aliphatic rings. The minimum absolute atomic E-state index is 0.602. The Balaban J connectivity index is 2.04. The molecule has 188 valence electrons. The van der Waals surface area contributed by atoms with Crippen LogP contribution in [0.15, 0.2) is 84.9 Å². The average molecular weight is 508 g/mol. The number of hydrogen-bond donors (Lipinski definition) is 0. The highest BCUT2D eigenvalue weighted by Gasteiger charge is 2.54. The van der Waals surface area contributed by atoms with E-state index in [0.29, 0.717) is 5.56 Å². The molecule has 1 heterocycles. The van der Waals surface area contributed by atoms with E-state index in [-0.39, 0.29) is 0 Å². The van der Waals surface area contributed by atoms with Crippen LogP contribution in [-0.4, -0.2) is 26.4 Å². The van der Waals surface area contributed by atoms with Crippen molar-refractivity contribution in [2.75, 3.05) is 0 Å². The van der Waals surface area contributed by atoms with Gasteiger partial charge in [0.1, 0.15) is 8.07 Å². The Kier molecular flexibility index (Phi) is 6.88. The van der Waals surface area contributed by atoms with E-state index in [0.717, 1.165) is 28.4 Å².